The highest BCUT2D eigenvalue weighted by Crippen LogP contribution is 2.02. The summed E-state index contributed by atoms with van der Waals surface area (Å²) in [7, 11) is 0. The Labute approximate surface area is 107 Å². The number of hydrogen-bond acceptors (Lipinski definition) is 4. The van der Waals surface area contributed by atoms with Crippen LogP contribution in [0.4, 0.5) is 0 Å². The number of carbonyl (C=O) groups is 1. The number of amides is 1. The fraction of sp³-hybridized carbons (Fsp3) is 0.462. The van der Waals surface area contributed by atoms with Crippen LogP contribution < -0.4 is 5.43 Å². The molecule has 1 aromatic heterocycles. The molecule has 0 atom stereocenters. The third-order valence-corrected chi connectivity index (χ3v) is 2.34. The van der Waals surface area contributed by atoms with Crippen molar-refractivity contribution >= 4 is 11.6 Å². The molecule has 98 valence electrons. The van der Waals surface area contributed by atoms with Crippen LogP contribution in [-0.2, 0) is 9.53 Å². The van der Waals surface area contributed by atoms with Crippen molar-refractivity contribution in [3.05, 3.63) is 30.1 Å². The summed E-state index contributed by atoms with van der Waals surface area (Å²) in [4.78, 5) is 15.4. The molecule has 0 aliphatic heterocycles. The molecule has 0 saturated carbocycles. The maximum absolute atomic E-state index is 11.5. The number of pyridine rings is 1. The normalized spacial score (nSPS) is 11.3. The van der Waals surface area contributed by atoms with Gasteiger partial charge in [-0.15, -0.1) is 0 Å². The van der Waals surface area contributed by atoms with E-state index in [1.165, 1.54) is 0 Å². The lowest BCUT2D eigenvalue weighted by Gasteiger charge is -2.05. The zero-order valence-corrected chi connectivity index (χ0v) is 10.8. The maximum Gasteiger partial charge on any atom is 0.242 e. The Morgan fingerprint density at radius 1 is 1.39 bits per heavy atom. The van der Waals surface area contributed by atoms with Gasteiger partial charge in [-0.1, -0.05) is 6.92 Å². The number of nitrogens with one attached hydrogen (secondary N) is 1. The van der Waals surface area contributed by atoms with Crippen LogP contribution in [0.15, 0.2) is 29.6 Å². The summed E-state index contributed by atoms with van der Waals surface area (Å²) < 4.78 is 5.10. The molecule has 0 aromatic carbocycles. The Bertz CT molecular complexity index is 390. The van der Waals surface area contributed by atoms with Gasteiger partial charge in [0.25, 0.3) is 0 Å². The highest BCUT2D eigenvalue weighted by atomic mass is 16.5. The zero-order chi connectivity index (χ0) is 13.2. The fourth-order valence-electron chi connectivity index (χ4n) is 1.39. The van der Waals surface area contributed by atoms with E-state index in [1.54, 1.807) is 12.4 Å². The monoisotopic (exact) mass is 249 g/mol. The van der Waals surface area contributed by atoms with Gasteiger partial charge in [-0.2, -0.15) is 5.10 Å². The van der Waals surface area contributed by atoms with Gasteiger partial charge in [0.05, 0.1) is 18.7 Å². The van der Waals surface area contributed by atoms with Crippen molar-refractivity contribution < 1.29 is 9.53 Å². The van der Waals surface area contributed by atoms with Gasteiger partial charge in [0.15, 0.2) is 0 Å². The Morgan fingerprint density at radius 2 is 2.11 bits per heavy atom. The minimum Gasteiger partial charge on any atom is -0.381 e. The second-order valence-electron chi connectivity index (χ2n) is 3.63. The van der Waals surface area contributed by atoms with Gasteiger partial charge in [-0.05, 0) is 25.5 Å². The molecule has 0 saturated heterocycles. The van der Waals surface area contributed by atoms with E-state index in [9.17, 15) is 4.79 Å². The summed E-state index contributed by atoms with van der Waals surface area (Å²) in [6.45, 7) is 4.93. The Morgan fingerprint density at radius 3 is 2.72 bits per heavy atom. The topological polar surface area (TPSA) is 63.6 Å². The van der Waals surface area contributed by atoms with E-state index >= 15 is 0 Å². The van der Waals surface area contributed by atoms with Crippen LogP contribution in [0.2, 0.25) is 0 Å². The number of aromatic nitrogens is 1. The molecule has 1 aromatic rings. The molecule has 0 aliphatic rings. The summed E-state index contributed by atoms with van der Waals surface area (Å²) in [6.07, 6.45) is 4.48. The second-order valence-corrected chi connectivity index (χ2v) is 3.63. The van der Waals surface area contributed by atoms with Crippen molar-refractivity contribution in [2.45, 2.75) is 26.7 Å². The van der Waals surface area contributed by atoms with Gasteiger partial charge in [0.1, 0.15) is 0 Å². The van der Waals surface area contributed by atoms with E-state index in [4.69, 9.17) is 4.74 Å². The van der Waals surface area contributed by atoms with Crippen LogP contribution in [0.25, 0.3) is 0 Å². The van der Waals surface area contributed by atoms with Crippen molar-refractivity contribution in [3.63, 3.8) is 0 Å². The lowest BCUT2D eigenvalue weighted by Crippen LogP contribution is -2.21. The molecule has 0 fully saturated rings. The van der Waals surface area contributed by atoms with Crippen LogP contribution in [-0.4, -0.2) is 29.8 Å². The lowest BCUT2D eigenvalue weighted by molar-refractivity contribution is -0.122. The van der Waals surface area contributed by atoms with Crippen LogP contribution in [0.1, 0.15) is 32.3 Å². The molecule has 0 radical (unpaired) electrons. The first kappa shape index (κ1) is 14.3. The summed E-state index contributed by atoms with van der Waals surface area (Å²) in [5, 5.41) is 4.12. The first-order valence-corrected chi connectivity index (χ1v) is 6.11. The fourth-order valence-corrected chi connectivity index (χ4v) is 1.39. The van der Waals surface area contributed by atoms with Gasteiger partial charge >= 0.3 is 0 Å². The molecule has 0 unspecified atom stereocenters. The predicted molar refractivity (Wildman–Crippen MR) is 70.3 cm³/mol. The number of carbonyl (C=O) groups excluding carboxylic acids is 1. The largest absolute Gasteiger partial charge is 0.381 e. The molecular formula is C13H19N3O2. The molecule has 0 bridgehead atoms. The minimum absolute atomic E-state index is 0.136. The number of hydrogen-bond donors (Lipinski definition) is 1. The molecule has 0 spiro atoms. The molecule has 1 heterocycles. The van der Waals surface area contributed by atoms with Gasteiger partial charge in [-0.25, -0.2) is 5.43 Å². The molecule has 5 nitrogen and oxygen atoms in total. The van der Waals surface area contributed by atoms with Crippen molar-refractivity contribution in [2.75, 3.05) is 13.2 Å². The highest BCUT2D eigenvalue weighted by Gasteiger charge is 2.03. The Kier molecular flexibility index (Phi) is 6.64. The summed E-state index contributed by atoms with van der Waals surface area (Å²) in [5.41, 5.74) is 4.35. The zero-order valence-electron chi connectivity index (χ0n) is 10.8. The molecule has 1 rings (SSSR count). The Hall–Kier alpha value is -1.75. The van der Waals surface area contributed by atoms with Crippen molar-refractivity contribution in [3.8, 4) is 0 Å². The summed E-state index contributed by atoms with van der Waals surface area (Å²) in [5.74, 6) is -0.136. The van der Waals surface area contributed by atoms with E-state index < -0.39 is 0 Å². The molecule has 0 aliphatic carbocycles. The summed E-state index contributed by atoms with van der Waals surface area (Å²) in [6, 6.07) is 3.74. The van der Waals surface area contributed by atoms with Gasteiger partial charge in [-0.3, -0.25) is 9.78 Å². The number of nitrogens with zero attached hydrogens (tertiary/aromatic N) is 2. The third kappa shape index (κ3) is 5.05. The number of hydrazone groups is 1. The lowest BCUT2D eigenvalue weighted by atomic mass is 10.1. The number of ether oxygens (including phenoxy) is 1. The first-order chi connectivity index (χ1) is 8.77. The maximum atomic E-state index is 11.5. The van der Waals surface area contributed by atoms with E-state index in [2.05, 4.69) is 15.5 Å². The first-order valence-electron chi connectivity index (χ1n) is 6.11. The molecule has 1 amide bonds. The predicted octanol–water partition coefficient (Wildman–Crippen LogP) is 1.74. The molecule has 18 heavy (non-hydrogen) atoms. The van der Waals surface area contributed by atoms with Crippen LogP contribution >= 0.6 is 0 Å². The average Bonchev–Trinajstić information content (AvgIpc) is 2.41. The molecule has 1 N–H and O–H groups in total. The van der Waals surface area contributed by atoms with Gasteiger partial charge in [0, 0.05) is 24.6 Å². The van der Waals surface area contributed by atoms with Crippen molar-refractivity contribution in [1.29, 1.82) is 0 Å². The van der Waals surface area contributed by atoms with Crippen LogP contribution in [0.5, 0.6) is 0 Å². The van der Waals surface area contributed by atoms with Gasteiger partial charge in [0.2, 0.25) is 5.91 Å². The van der Waals surface area contributed by atoms with Crippen LogP contribution in [0, 0.1) is 0 Å². The third-order valence-electron chi connectivity index (χ3n) is 2.34. The van der Waals surface area contributed by atoms with E-state index in [0.717, 1.165) is 17.7 Å². The smallest absolute Gasteiger partial charge is 0.242 e. The molecular weight excluding hydrogens is 230 g/mol. The van der Waals surface area contributed by atoms with Crippen molar-refractivity contribution in [1.82, 2.24) is 10.4 Å². The standard InChI is InChI=1S/C13H19N3O2/c1-3-12(11-5-8-14-9-6-11)15-16-13(17)7-10-18-4-2/h5-6,8-9H,3-4,7,10H2,1-2H3,(H,16,17). The van der Waals surface area contributed by atoms with E-state index in [0.29, 0.717) is 19.6 Å². The average molecular weight is 249 g/mol. The highest BCUT2D eigenvalue weighted by molar-refractivity contribution is 6.00. The summed E-state index contributed by atoms with van der Waals surface area (Å²) >= 11 is 0. The quantitative estimate of drug-likeness (QED) is 0.455. The van der Waals surface area contributed by atoms with Crippen LogP contribution in [0.3, 0.4) is 0 Å². The number of rotatable bonds is 7. The minimum atomic E-state index is -0.136. The van der Waals surface area contributed by atoms with E-state index in [1.807, 2.05) is 26.0 Å². The SMILES string of the molecule is CCOCCC(=O)NN=C(CC)c1ccncc1. The Balaban J connectivity index is 2.51. The molecule has 5 heteroatoms. The second kappa shape index (κ2) is 8.36. The van der Waals surface area contributed by atoms with E-state index in [-0.39, 0.29) is 5.91 Å². The van der Waals surface area contributed by atoms with Gasteiger partial charge < -0.3 is 4.74 Å². The van der Waals surface area contributed by atoms with Crippen molar-refractivity contribution in [2.24, 2.45) is 5.10 Å².